The average molecular weight is 567 g/mol. The highest BCUT2D eigenvalue weighted by molar-refractivity contribution is 6.07. The number of fused-ring (bicyclic) bond motifs is 2. The molecular weight excluding hydrogens is 532 g/mol. The lowest BCUT2D eigenvalue weighted by atomic mass is 9.83. The van der Waals surface area contributed by atoms with Crippen LogP contribution in [0.15, 0.2) is 89.7 Å². The molecule has 3 heterocycles. The fraction of sp³-hybridized carbons (Fsp3) is 0.303. The monoisotopic (exact) mass is 566 g/mol. The molecule has 2 aliphatic heterocycles. The third-order valence-corrected chi connectivity index (χ3v) is 8.56. The number of carbonyl (C=O) groups excluding carboxylic acids is 2. The van der Waals surface area contributed by atoms with Crippen LogP contribution in [-0.4, -0.2) is 55.9 Å². The van der Waals surface area contributed by atoms with Gasteiger partial charge in [-0.15, -0.1) is 0 Å². The highest BCUT2D eigenvalue weighted by Gasteiger charge is 2.52. The Kier molecular flexibility index (Phi) is 7.30. The number of amides is 2. The first-order valence-corrected chi connectivity index (χ1v) is 14.3. The van der Waals surface area contributed by atoms with Crippen molar-refractivity contribution in [3.05, 3.63) is 106 Å². The summed E-state index contributed by atoms with van der Waals surface area (Å²) < 4.78 is 1.49. The van der Waals surface area contributed by atoms with Gasteiger partial charge in [-0.05, 0) is 48.7 Å². The van der Waals surface area contributed by atoms with Crippen LogP contribution < -0.4 is 10.5 Å². The predicted octanol–water partition coefficient (Wildman–Crippen LogP) is 3.62. The topological polar surface area (TPSA) is 119 Å². The number of aromatic amines is 1. The van der Waals surface area contributed by atoms with Gasteiger partial charge in [-0.2, -0.15) is 0 Å². The van der Waals surface area contributed by atoms with Gasteiger partial charge in [0.2, 0.25) is 5.91 Å². The SMILES string of the molecule is C[C@@H](/C=C/CC(=O)N1CCC[C@H]1CO)[C@]1(O)C(=O)N(Cc2cccc(-n3[nH]c4ccccc4c3=O)c2)c2ccccc21. The van der Waals surface area contributed by atoms with E-state index in [2.05, 4.69) is 5.10 Å². The number of nitrogens with zero attached hydrogens (tertiary/aromatic N) is 3. The molecule has 216 valence electrons. The van der Waals surface area contributed by atoms with Gasteiger partial charge in [0.1, 0.15) is 0 Å². The van der Waals surface area contributed by atoms with Crippen LogP contribution in [0.1, 0.15) is 37.3 Å². The number of hydrogen-bond donors (Lipinski definition) is 3. The molecule has 6 rings (SSSR count). The van der Waals surface area contributed by atoms with E-state index >= 15 is 0 Å². The normalized spacial score (nSPS) is 21.0. The number of aromatic nitrogens is 2. The molecule has 0 radical (unpaired) electrons. The summed E-state index contributed by atoms with van der Waals surface area (Å²) in [5.41, 5.74) is 1.35. The Morgan fingerprint density at radius 3 is 2.69 bits per heavy atom. The maximum Gasteiger partial charge on any atom is 0.279 e. The van der Waals surface area contributed by atoms with Crippen LogP contribution in [-0.2, 0) is 21.7 Å². The molecule has 3 N–H and O–H groups in total. The predicted molar refractivity (Wildman–Crippen MR) is 160 cm³/mol. The van der Waals surface area contributed by atoms with E-state index in [0.717, 1.165) is 23.9 Å². The number of likely N-dealkylation sites (tertiary alicyclic amines) is 1. The lowest BCUT2D eigenvalue weighted by molar-refractivity contribution is -0.139. The first-order valence-electron chi connectivity index (χ1n) is 14.3. The number of carbonyl (C=O) groups is 2. The molecule has 1 aromatic heterocycles. The quantitative estimate of drug-likeness (QED) is 0.282. The number of benzene rings is 3. The Bertz CT molecular complexity index is 1740. The molecule has 2 amide bonds. The Morgan fingerprint density at radius 2 is 1.88 bits per heavy atom. The van der Waals surface area contributed by atoms with Crippen LogP contribution in [0.2, 0.25) is 0 Å². The largest absolute Gasteiger partial charge is 0.394 e. The number of para-hydroxylation sites is 2. The van der Waals surface area contributed by atoms with E-state index < -0.39 is 17.4 Å². The molecule has 3 aromatic carbocycles. The average Bonchev–Trinajstić information content (AvgIpc) is 3.69. The summed E-state index contributed by atoms with van der Waals surface area (Å²) in [5.74, 6) is -1.12. The van der Waals surface area contributed by atoms with Gasteiger partial charge in [-0.3, -0.25) is 19.5 Å². The molecule has 0 aliphatic carbocycles. The molecule has 2 aliphatic rings. The van der Waals surface area contributed by atoms with Crippen molar-refractivity contribution < 1.29 is 19.8 Å². The number of aliphatic hydroxyl groups is 2. The minimum Gasteiger partial charge on any atom is -0.394 e. The van der Waals surface area contributed by atoms with E-state index in [9.17, 15) is 24.6 Å². The molecule has 0 bridgehead atoms. The molecule has 42 heavy (non-hydrogen) atoms. The summed E-state index contributed by atoms with van der Waals surface area (Å²) in [6.07, 6.45) is 5.24. The van der Waals surface area contributed by atoms with Crippen molar-refractivity contribution in [2.24, 2.45) is 5.92 Å². The van der Waals surface area contributed by atoms with E-state index in [1.54, 1.807) is 47.1 Å². The standard InChI is InChI=1S/C33H34N4O5/c1-22(9-6-17-30(39)35-18-8-12-25(35)21-38)33(42)27-14-3-5-16-29(27)36(32(33)41)20-23-10-7-11-24(19-23)37-31(40)26-13-2-4-15-28(26)34-37/h2-7,9-11,13-16,19,22,25,34,38,42H,8,12,17-18,20-21H2,1H3/b9-6+/t22-,25-,33+/m0/s1. The maximum absolute atomic E-state index is 13.9. The zero-order valence-corrected chi connectivity index (χ0v) is 23.4. The number of H-pyrrole nitrogens is 1. The van der Waals surface area contributed by atoms with Crippen LogP contribution in [0, 0.1) is 5.92 Å². The Balaban J connectivity index is 1.24. The van der Waals surface area contributed by atoms with Gasteiger partial charge >= 0.3 is 0 Å². The minimum absolute atomic E-state index is 0.0475. The van der Waals surface area contributed by atoms with Gasteiger partial charge in [0.05, 0.1) is 41.5 Å². The first kappa shape index (κ1) is 27.7. The maximum atomic E-state index is 13.9. The first-order chi connectivity index (χ1) is 20.3. The Morgan fingerprint density at radius 1 is 1.10 bits per heavy atom. The van der Waals surface area contributed by atoms with E-state index in [1.807, 2.05) is 54.6 Å². The number of aliphatic hydroxyl groups excluding tert-OH is 1. The molecule has 1 fully saturated rings. The van der Waals surface area contributed by atoms with Crippen LogP contribution in [0.25, 0.3) is 16.6 Å². The van der Waals surface area contributed by atoms with Gasteiger partial charge in [-0.25, -0.2) is 4.68 Å². The lowest BCUT2D eigenvalue weighted by Crippen LogP contribution is -2.44. The van der Waals surface area contributed by atoms with Gasteiger partial charge < -0.3 is 20.0 Å². The highest BCUT2D eigenvalue weighted by atomic mass is 16.3. The van der Waals surface area contributed by atoms with Gasteiger partial charge in [0, 0.05) is 24.4 Å². The van der Waals surface area contributed by atoms with Crippen LogP contribution in [0.4, 0.5) is 5.69 Å². The highest BCUT2D eigenvalue weighted by Crippen LogP contribution is 2.45. The number of anilines is 1. The number of hydrogen-bond acceptors (Lipinski definition) is 5. The second kappa shape index (κ2) is 11.1. The summed E-state index contributed by atoms with van der Waals surface area (Å²) in [7, 11) is 0. The van der Waals surface area contributed by atoms with Crippen molar-refractivity contribution in [2.45, 2.75) is 44.4 Å². The van der Waals surface area contributed by atoms with Crippen molar-refractivity contribution in [2.75, 3.05) is 18.1 Å². The van der Waals surface area contributed by atoms with Crippen molar-refractivity contribution in [1.29, 1.82) is 0 Å². The Labute approximate surface area is 243 Å². The zero-order chi connectivity index (χ0) is 29.4. The number of rotatable bonds is 8. The van der Waals surface area contributed by atoms with Gasteiger partial charge in [0.25, 0.3) is 11.5 Å². The molecular formula is C33H34N4O5. The minimum atomic E-state index is -1.80. The molecule has 0 saturated carbocycles. The third-order valence-electron chi connectivity index (χ3n) is 8.56. The summed E-state index contributed by atoms with van der Waals surface area (Å²) in [6.45, 7) is 2.56. The van der Waals surface area contributed by atoms with E-state index in [-0.39, 0.29) is 37.1 Å². The van der Waals surface area contributed by atoms with Crippen LogP contribution in [0.5, 0.6) is 0 Å². The van der Waals surface area contributed by atoms with Crippen LogP contribution >= 0.6 is 0 Å². The van der Waals surface area contributed by atoms with E-state index in [0.29, 0.717) is 28.9 Å². The van der Waals surface area contributed by atoms with Gasteiger partial charge in [-0.1, -0.05) is 61.5 Å². The summed E-state index contributed by atoms with van der Waals surface area (Å²) in [5, 5.41) is 25.2. The van der Waals surface area contributed by atoms with Gasteiger partial charge in [0.15, 0.2) is 5.60 Å². The molecule has 1 saturated heterocycles. The molecule has 0 unspecified atom stereocenters. The van der Waals surface area contributed by atoms with E-state index in [4.69, 9.17) is 0 Å². The molecule has 0 spiro atoms. The van der Waals surface area contributed by atoms with Crippen molar-refractivity contribution >= 4 is 28.4 Å². The fourth-order valence-electron chi connectivity index (χ4n) is 6.26. The summed E-state index contributed by atoms with van der Waals surface area (Å²) in [4.78, 5) is 42.9. The third kappa shape index (κ3) is 4.64. The molecule has 4 aromatic rings. The summed E-state index contributed by atoms with van der Waals surface area (Å²) >= 11 is 0. The van der Waals surface area contributed by atoms with E-state index in [1.165, 1.54) is 4.68 Å². The lowest BCUT2D eigenvalue weighted by Gasteiger charge is -2.28. The second-order valence-electron chi connectivity index (χ2n) is 11.1. The van der Waals surface area contributed by atoms with Crippen molar-refractivity contribution in [1.82, 2.24) is 14.7 Å². The molecule has 9 nitrogen and oxygen atoms in total. The second-order valence-corrected chi connectivity index (χ2v) is 11.1. The smallest absolute Gasteiger partial charge is 0.279 e. The van der Waals surface area contributed by atoms with Crippen molar-refractivity contribution in [3.8, 4) is 5.69 Å². The molecule has 3 atom stereocenters. The molecule has 9 heteroatoms. The summed E-state index contributed by atoms with van der Waals surface area (Å²) in [6, 6.07) is 21.8. The Hall–Kier alpha value is -4.47. The fourth-order valence-corrected chi connectivity index (χ4v) is 6.26. The van der Waals surface area contributed by atoms with Crippen molar-refractivity contribution in [3.63, 3.8) is 0 Å². The number of nitrogens with one attached hydrogen (secondary N) is 1. The zero-order valence-electron chi connectivity index (χ0n) is 23.4. The van der Waals surface area contributed by atoms with Crippen LogP contribution in [0.3, 0.4) is 0 Å².